The highest BCUT2D eigenvalue weighted by Crippen LogP contribution is 2.41. The number of aromatic nitrogens is 1. The van der Waals surface area contributed by atoms with E-state index in [9.17, 15) is 13.6 Å². The molecule has 0 saturated heterocycles. The molecule has 4 aromatic rings. The average Bonchev–Trinajstić information content (AvgIpc) is 2.87. The van der Waals surface area contributed by atoms with Crippen LogP contribution in [0.4, 0.5) is 14.5 Å². The van der Waals surface area contributed by atoms with Gasteiger partial charge in [0.25, 0.3) is 11.7 Å². The third-order valence-electron chi connectivity index (χ3n) is 5.26. The number of ether oxygens (including phenoxy) is 3. The van der Waals surface area contributed by atoms with Gasteiger partial charge in [0.1, 0.15) is 0 Å². The topological polar surface area (TPSA) is 69.7 Å². The second-order valence-electron chi connectivity index (χ2n) is 7.34. The first kappa shape index (κ1) is 24.3. The van der Waals surface area contributed by atoms with Crippen molar-refractivity contribution >= 4 is 34.3 Å². The van der Waals surface area contributed by atoms with Crippen molar-refractivity contribution in [2.24, 2.45) is 0 Å². The minimum Gasteiger partial charge on any atom is -0.493 e. The maximum Gasteiger partial charge on any atom is 0.288 e. The van der Waals surface area contributed by atoms with Gasteiger partial charge < -0.3 is 19.5 Å². The lowest BCUT2D eigenvalue weighted by Crippen LogP contribution is -2.13. The second-order valence-corrected chi connectivity index (χ2v) is 8.41. The van der Waals surface area contributed by atoms with Crippen LogP contribution in [0, 0.1) is 0 Å². The Kier molecular flexibility index (Phi) is 7.36. The molecule has 3 aromatic carbocycles. The summed E-state index contributed by atoms with van der Waals surface area (Å²) >= 11 is 0.449. The third kappa shape index (κ3) is 5.30. The molecule has 9 heteroatoms. The molecule has 180 valence electrons. The van der Waals surface area contributed by atoms with Crippen LogP contribution in [-0.4, -0.2) is 38.0 Å². The smallest absolute Gasteiger partial charge is 0.288 e. The Balaban J connectivity index is 1.75. The zero-order valence-electron chi connectivity index (χ0n) is 19.2. The minimum absolute atomic E-state index is 0.355. The molecule has 1 heterocycles. The summed E-state index contributed by atoms with van der Waals surface area (Å²) in [6, 6.07) is 18.8. The SMILES string of the molecule is COc1cc(-c2cc(C(=O)Nc3ccc(SC(F)F)cc3)c3ccccc3n2)cc(OC)c1OC. The third-order valence-corrected chi connectivity index (χ3v) is 5.98. The maximum absolute atomic E-state index is 13.3. The number of hydrogen-bond donors (Lipinski definition) is 1. The van der Waals surface area contributed by atoms with Crippen LogP contribution in [0.1, 0.15) is 10.4 Å². The Morgan fingerprint density at radius 3 is 2.17 bits per heavy atom. The van der Waals surface area contributed by atoms with Gasteiger partial charge in [-0.05, 0) is 48.5 Å². The summed E-state index contributed by atoms with van der Waals surface area (Å²) in [5, 5.41) is 3.51. The van der Waals surface area contributed by atoms with Gasteiger partial charge in [-0.25, -0.2) is 4.98 Å². The van der Waals surface area contributed by atoms with Crippen molar-refractivity contribution in [3.63, 3.8) is 0 Å². The molecule has 1 aromatic heterocycles. The number of para-hydroxylation sites is 1. The van der Waals surface area contributed by atoms with E-state index >= 15 is 0 Å². The molecule has 4 rings (SSSR count). The van der Waals surface area contributed by atoms with Crippen molar-refractivity contribution in [3.05, 3.63) is 72.3 Å². The molecule has 0 fully saturated rings. The number of carbonyl (C=O) groups excluding carboxylic acids is 1. The Bertz CT molecular complexity index is 1340. The number of rotatable bonds is 8. The average molecular weight is 497 g/mol. The molecule has 6 nitrogen and oxygen atoms in total. The van der Waals surface area contributed by atoms with Crippen LogP contribution < -0.4 is 19.5 Å². The molecule has 0 atom stereocenters. The van der Waals surface area contributed by atoms with Gasteiger partial charge in [0.15, 0.2) is 11.5 Å². The fourth-order valence-electron chi connectivity index (χ4n) is 3.66. The number of nitrogens with zero attached hydrogens (tertiary/aromatic N) is 1. The van der Waals surface area contributed by atoms with Crippen molar-refractivity contribution in [1.29, 1.82) is 0 Å². The highest BCUT2D eigenvalue weighted by atomic mass is 32.2. The van der Waals surface area contributed by atoms with Crippen LogP contribution in [0.15, 0.2) is 71.6 Å². The molecular weight excluding hydrogens is 474 g/mol. The number of thioether (sulfide) groups is 1. The first-order valence-corrected chi connectivity index (χ1v) is 11.4. The number of pyridine rings is 1. The van der Waals surface area contributed by atoms with Gasteiger partial charge in [-0.15, -0.1) is 0 Å². The minimum atomic E-state index is -2.51. The predicted octanol–water partition coefficient (Wildman–Crippen LogP) is 6.49. The normalized spacial score (nSPS) is 10.9. The molecule has 0 spiro atoms. The summed E-state index contributed by atoms with van der Waals surface area (Å²) < 4.78 is 41.5. The van der Waals surface area contributed by atoms with Gasteiger partial charge in [0.2, 0.25) is 5.75 Å². The number of nitrogens with one attached hydrogen (secondary N) is 1. The second kappa shape index (κ2) is 10.6. The van der Waals surface area contributed by atoms with Crippen LogP contribution in [0.3, 0.4) is 0 Å². The maximum atomic E-state index is 13.3. The quantitative estimate of drug-likeness (QED) is 0.281. The van der Waals surface area contributed by atoms with E-state index in [-0.39, 0.29) is 5.91 Å². The van der Waals surface area contributed by atoms with E-state index < -0.39 is 5.76 Å². The van der Waals surface area contributed by atoms with Crippen molar-refractivity contribution in [3.8, 4) is 28.5 Å². The van der Waals surface area contributed by atoms with E-state index in [1.807, 2.05) is 24.3 Å². The molecule has 0 aliphatic carbocycles. The number of carbonyl (C=O) groups is 1. The zero-order valence-corrected chi connectivity index (χ0v) is 20.0. The number of amides is 1. The van der Waals surface area contributed by atoms with Gasteiger partial charge in [-0.3, -0.25) is 4.79 Å². The fourth-order valence-corrected chi connectivity index (χ4v) is 4.16. The summed E-state index contributed by atoms with van der Waals surface area (Å²) in [5.74, 6) is -1.49. The van der Waals surface area contributed by atoms with Crippen LogP contribution in [-0.2, 0) is 0 Å². The van der Waals surface area contributed by atoms with Gasteiger partial charge in [0.05, 0.1) is 38.1 Å². The Hall–Kier alpha value is -3.85. The monoisotopic (exact) mass is 496 g/mol. The van der Waals surface area contributed by atoms with E-state index in [0.717, 1.165) is 0 Å². The molecule has 35 heavy (non-hydrogen) atoms. The molecule has 0 saturated carbocycles. The molecule has 0 aliphatic rings. The summed E-state index contributed by atoms with van der Waals surface area (Å²) in [7, 11) is 4.58. The lowest BCUT2D eigenvalue weighted by molar-refractivity contribution is 0.102. The Labute approximate surface area is 205 Å². The lowest BCUT2D eigenvalue weighted by Gasteiger charge is -2.15. The molecule has 0 radical (unpaired) electrons. The predicted molar refractivity (Wildman–Crippen MR) is 133 cm³/mol. The standard InChI is InChI=1S/C26H22F2N2O4S/c1-32-22-12-15(13-23(33-2)24(22)34-3)21-14-19(18-6-4-5-7-20(18)30-21)25(31)29-16-8-10-17(11-9-16)35-26(27)28/h4-14,26H,1-3H3,(H,29,31). The van der Waals surface area contributed by atoms with E-state index in [1.165, 1.54) is 21.3 Å². The van der Waals surface area contributed by atoms with E-state index in [4.69, 9.17) is 19.2 Å². The number of fused-ring (bicyclic) bond motifs is 1. The summed E-state index contributed by atoms with van der Waals surface area (Å²) in [4.78, 5) is 18.4. The number of halogens is 2. The number of methoxy groups -OCH3 is 3. The van der Waals surface area contributed by atoms with Gasteiger partial charge in [-0.1, -0.05) is 30.0 Å². The molecule has 0 bridgehead atoms. The molecule has 0 aliphatic heterocycles. The summed E-state index contributed by atoms with van der Waals surface area (Å²) in [5.41, 5.74) is 2.74. The van der Waals surface area contributed by atoms with Crippen molar-refractivity contribution in [1.82, 2.24) is 4.98 Å². The summed E-state index contributed by atoms with van der Waals surface area (Å²) in [6.45, 7) is 0. The fraction of sp³-hybridized carbons (Fsp3) is 0.154. The van der Waals surface area contributed by atoms with E-state index in [0.29, 0.717) is 67.3 Å². The highest BCUT2D eigenvalue weighted by molar-refractivity contribution is 7.99. The first-order chi connectivity index (χ1) is 16.9. The van der Waals surface area contributed by atoms with Crippen molar-refractivity contribution in [2.45, 2.75) is 10.7 Å². The van der Waals surface area contributed by atoms with Crippen molar-refractivity contribution in [2.75, 3.05) is 26.6 Å². The van der Waals surface area contributed by atoms with Crippen LogP contribution >= 0.6 is 11.8 Å². The highest BCUT2D eigenvalue weighted by Gasteiger charge is 2.18. The number of anilines is 1. The molecular formula is C26H22F2N2O4S. The van der Waals surface area contributed by atoms with Crippen molar-refractivity contribution < 1.29 is 27.8 Å². The number of alkyl halides is 2. The van der Waals surface area contributed by atoms with Gasteiger partial charge >= 0.3 is 0 Å². The first-order valence-electron chi connectivity index (χ1n) is 10.5. The molecule has 0 unspecified atom stereocenters. The van der Waals surface area contributed by atoms with E-state index in [2.05, 4.69) is 5.32 Å². The lowest BCUT2D eigenvalue weighted by atomic mass is 10.0. The largest absolute Gasteiger partial charge is 0.493 e. The number of benzene rings is 3. The van der Waals surface area contributed by atoms with Crippen LogP contribution in [0.2, 0.25) is 0 Å². The summed E-state index contributed by atoms with van der Waals surface area (Å²) in [6.07, 6.45) is 0. The molecule has 1 N–H and O–H groups in total. The molecule has 1 amide bonds. The van der Waals surface area contributed by atoms with Crippen LogP contribution in [0.25, 0.3) is 22.2 Å². The zero-order chi connectivity index (χ0) is 24.9. The van der Waals surface area contributed by atoms with Gasteiger partial charge in [0, 0.05) is 21.5 Å². The Morgan fingerprint density at radius 1 is 0.914 bits per heavy atom. The van der Waals surface area contributed by atoms with E-state index in [1.54, 1.807) is 42.5 Å². The van der Waals surface area contributed by atoms with Gasteiger partial charge in [-0.2, -0.15) is 8.78 Å². The Morgan fingerprint density at radius 2 is 1.57 bits per heavy atom. The number of hydrogen-bond acceptors (Lipinski definition) is 6. The van der Waals surface area contributed by atoms with Crippen LogP contribution in [0.5, 0.6) is 17.2 Å².